The minimum absolute atomic E-state index is 0.0343. The first-order valence-corrected chi connectivity index (χ1v) is 6.95. The van der Waals surface area contributed by atoms with Crippen molar-refractivity contribution in [3.63, 3.8) is 0 Å². The van der Waals surface area contributed by atoms with Gasteiger partial charge in [0, 0.05) is 12.3 Å². The number of hydrogen-bond acceptors (Lipinski definition) is 3. The molecule has 1 heterocycles. The second kappa shape index (κ2) is 6.13. The van der Waals surface area contributed by atoms with Gasteiger partial charge in [-0.05, 0) is 19.1 Å². The number of amides is 2. The van der Waals surface area contributed by atoms with Crippen molar-refractivity contribution in [1.29, 1.82) is 0 Å². The fourth-order valence-electron chi connectivity index (χ4n) is 1.77. The molecule has 1 aliphatic rings. The molecule has 1 N–H and O–H groups in total. The normalized spacial score (nSPS) is 25.8. The molecule has 0 aromatic rings. The van der Waals surface area contributed by atoms with Gasteiger partial charge in [-0.25, -0.2) is 0 Å². The van der Waals surface area contributed by atoms with Gasteiger partial charge in [-0.1, -0.05) is 13.8 Å². The van der Waals surface area contributed by atoms with Gasteiger partial charge in [0.25, 0.3) is 0 Å². The molecule has 1 saturated heterocycles. The number of nitrogens with one attached hydrogen (secondary N) is 1. The fraction of sp³-hybridized carbons (Fsp3) is 0.818. The molecule has 2 atom stereocenters. The van der Waals surface area contributed by atoms with E-state index in [1.54, 1.807) is 23.6 Å². The molecule has 92 valence electrons. The standard InChI is InChI=1S/C11H20N2O2S/c1-4-9-11(15)13(6-7-16-5-2)8(3)10(14)12-9/h8-9H,4-7H2,1-3H3,(H,12,14). The summed E-state index contributed by atoms with van der Waals surface area (Å²) in [5.74, 6) is 1.97. The summed E-state index contributed by atoms with van der Waals surface area (Å²) >= 11 is 1.79. The van der Waals surface area contributed by atoms with Crippen LogP contribution < -0.4 is 5.32 Å². The minimum atomic E-state index is -0.326. The Bertz CT molecular complexity index is 271. The van der Waals surface area contributed by atoms with Crippen LogP contribution >= 0.6 is 11.8 Å². The van der Waals surface area contributed by atoms with E-state index in [4.69, 9.17) is 0 Å². The summed E-state index contributed by atoms with van der Waals surface area (Å²) in [6.45, 7) is 6.46. The van der Waals surface area contributed by atoms with Crippen LogP contribution in [0, 0.1) is 0 Å². The van der Waals surface area contributed by atoms with E-state index >= 15 is 0 Å². The SMILES string of the molecule is CCSCCN1C(=O)C(CC)NC(=O)C1C. The quantitative estimate of drug-likeness (QED) is 0.730. The summed E-state index contributed by atoms with van der Waals surface area (Å²) in [7, 11) is 0. The molecule has 0 bridgehead atoms. The van der Waals surface area contributed by atoms with Crippen molar-refractivity contribution < 1.29 is 9.59 Å². The summed E-state index contributed by atoms with van der Waals surface area (Å²) < 4.78 is 0. The Kier molecular flexibility index (Phi) is 5.12. The van der Waals surface area contributed by atoms with E-state index in [-0.39, 0.29) is 23.9 Å². The van der Waals surface area contributed by atoms with Crippen molar-refractivity contribution in [3.8, 4) is 0 Å². The zero-order chi connectivity index (χ0) is 12.1. The zero-order valence-corrected chi connectivity index (χ0v) is 11.0. The predicted octanol–water partition coefficient (Wildman–Crippen LogP) is 0.865. The molecule has 2 unspecified atom stereocenters. The predicted molar refractivity (Wildman–Crippen MR) is 66.4 cm³/mol. The van der Waals surface area contributed by atoms with Gasteiger partial charge in [-0.15, -0.1) is 0 Å². The van der Waals surface area contributed by atoms with Crippen LogP contribution in [0.4, 0.5) is 0 Å². The van der Waals surface area contributed by atoms with E-state index in [0.717, 1.165) is 11.5 Å². The van der Waals surface area contributed by atoms with Gasteiger partial charge in [-0.2, -0.15) is 11.8 Å². The lowest BCUT2D eigenvalue weighted by Gasteiger charge is -2.37. The highest BCUT2D eigenvalue weighted by Crippen LogP contribution is 2.13. The third kappa shape index (κ3) is 2.90. The van der Waals surface area contributed by atoms with Gasteiger partial charge in [0.2, 0.25) is 11.8 Å². The molecule has 1 rings (SSSR count). The van der Waals surface area contributed by atoms with Crippen molar-refractivity contribution in [2.75, 3.05) is 18.1 Å². The Balaban J connectivity index is 2.62. The first-order chi connectivity index (χ1) is 7.61. The Morgan fingerprint density at radius 1 is 1.38 bits per heavy atom. The van der Waals surface area contributed by atoms with Crippen LogP contribution in [0.1, 0.15) is 27.2 Å². The summed E-state index contributed by atoms with van der Waals surface area (Å²) in [5.41, 5.74) is 0. The fourth-order valence-corrected chi connectivity index (χ4v) is 2.39. The number of carbonyl (C=O) groups is 2. The van der Waals surface area contributed by atoms with Crippen LogP contribution in [-0.4, -0.2) is 46.8 Å². The second-order valence-electron chi connectivity index (χ2n) is 3.87. The van der Waals surface area contributed by atoms with Crippen molar-refractivity contribution in [1.82, 2.24) is 10.2 Å². The number of nitrogens with zero attached hydrogens (tertiary/aromatic N) is 1. The summed E-state index contributed by atoms with van der Waals surface area (Å²) in [6, 6.07) is -0.650. The molecular formula is C11H20N2O2S. The molecule has 0 aromatic heterocycles. The van der Waals surface area contributed by atoms with Crippen molar-refractivity contribution in [3.05, 3.63) is 0 Å². The summed E-state index contributed by atoms with van der Waals surface area (Å²) in [4.78, 5) is 25.4. The molecule has 0 spiro atoms. The van der Waals surface area contributed by atoms with Gasteiger partial charge < -0.3 is 10.2 Å². The number of piperazine rings is 1. The Hall–Kier alpha value is -0.710. The van der Waals surface area contributed by atoms with Crippen LogP contribution in [0.2, 0.25) is 0 Å². The average Bonchev–Trinajstić information content (AvgIpc) is 2.28. The molecule has 5 heteroatoms. The average molecular weight is 244 g/mol. The lowest BCUT2D eigenvalue weighted by atomic mass is 10.1. The third-order valence-corrected chi connectivity index (χ3v) is 3.71. The lowest BCUT2D eigenvalue weighted by Crippen LogP contribution is -2.62. The molecule has 0 saturated carbocycles. The maximum Gasteiger partial charge on any atom is 0.245 e. The Morgan fingerprint density at radius 3 is 2.62 bits per heavy atom. The Morgan fingerprint density at radius 2 is 2.06 bits per heavy atom. The van der Waals surface area contributed by atoms with Crippen LogP contribution in [0.25, 0.3) is 0 Å². The summed E-state index contributed by atoms with van der Waals surface area (Å²) in [6.07, 6.45) is 0.661. The first-order valence-electron chi connectivity index (χ1n) is 5.80. The number of carbonyl (C=O) groups excluding carboxylic acids is 2. The van der Waals surface area contributed by atoms with E-state index in [2.05, 4.69) is 12.2 Å². The van der Waals surface area contributed by atoms with Crippen LogP contribution in [0.5, 0.6) is 0 Å². The zero-order valence-electron chi connectivity index (χ0n) is 10.2. The molecule has 1 aliphatic heterocycles. The van der Waals surface area contributed by atoms with E-state index in [9.17, 15) is 9.59 Å². The van der Waals surface area contributed by atoms with Crippen molar-refractivity contribution in [2.45, 2.75) is 39.3 Å². The van der Waals surface area contributed by atoms with Gasteiger partial charge in [-0.3, -0.25) is 9.59 Å². The van der Waals surface area contributed by atoms with Crippen LogP contribution in [0.3, 0.4) is 0 Å². The van der Waals surface area contributed by atoms with E-state index in [1.165, 1.54) is 0 Å². The molecule has 0 radical (unpaired) electrons. The van der Waals surface area contributed by atoms with Crippen LogP contribution in [-0.2, 0) is 9.59 Å². The minimum Gasteiger partial charge on any atom is -0.343 e. The Labute approximate surface area is 101 Å². The lowest BCUT2D eigenvalue weighted by molar-refractivity contribution is -0.148. The molecule has 4 nitrogen and oxygen atoms in total. The van der Waals surface area contributed by atoms with E-state index < -0.39 is 0 Å². The van der Waals surface area contributed by atoms with Gasteiger partial charge in [0.1, 0.15) is 12.1 Å². The molecule has 0 aromatic carbocycles. The van der Waals surface area contributed by atoms with E-state index in [1.807, 2.05) is 6.92 Å². The van der Waals surface area contributed by atoms with Gasteiger partial charge in [0.15, 0.2) is 0 Å². The highest BCUT2D eigenvalue weighted by atomic mass is 32.2. The maximum absolute atomic E-state index is 12.0. The second-order valence-corrected chi connectivity index (χ2v) is 5.27. The van der Waals surface area contributed by atoms with E-state index in [0.29, 0.717) is 13.0 Å². The van der Waals surface area contributed by atoms with Gasteiger partial charge >= 0.3 is 0 Å². The number of thioether (sulfide) groups is 1. The first kappa shape index (κ1) is 13.4. The number of rotatable bonds is 5. The topological polar surface area (TPSA) is 49.4 Å². The number of hydrogen-bond donors (Lipinski definition) is 1. The molecule has 2 amide bonds. The molecular weight excluding hydrogens is 224 g/mol. The smallest absolute Gasteiger partial charge is 0.245 e. The molecule has 1 fully saturated rings. The molecule has 16 heavy (non-hydrogen) atoms. The molecule has 0 aliphatic carbocycles. The van der Waals surface area contributed by atoms with Crippen molar-refractivity contribution in [2.24, 2.45) is 0 Å². The van der Waals surface area contributed by atoms with Gasteiger partial charge in [0.05, 0.1) is 0 Å². The summed E-state index contributed by atoms with van der Waals surface area (Å²) in [5, 5.41) is 2.75. The monoisotopic (exact) mass is 244 g/mol. The third-order valence-electron chi connectivity index (χ3n) is 2.83. The highest BCUT2D eigenvalue weighted by molar-refractivity contribution is 7.99. The van der Waals surface area contributed by atoms with Crippen LogP contribution in [0.15, 0.2) is 0 Å². The maximum atomic E-state index is 12.0. The van der Waals surface area contributed by atoms with Crippen molar-refractivity contribution >= 4 is 23.6 Å². The highest BCUT2D eigenvalue weighted by Gasteiger charge is 2.36. The largest absolute Gasteiger partial charge is 0.343 e.